The van der Waals surface area contributed by atoms with E-state index in [1.165, 1.54) is 0 Å². The van der Waals surface area contributed by atoms with Gasteiger partial charge in [0.05, 0.1) is 23.6 Å². The Bertz CT molecular complexity index is 556. The first-order valence-electron chi connectivity index (χ1n) is 5.71. The van der Waals surface area contributed by atoms with Crippen LogP contribution in [0.2, 0.25) is 0 Å². The molecule has 0 spiro atoms. The Labute approximate surface area is 104 Å². The Hall–Kier alpha value is -2.31. The van der Waals surface area contributed by atoms with Gasteiger partial charge in [0.2, 0.25) is 0 Å². The average Bonchev–Trinajstić information content (AvgIpc) is 2.92. The van der Waals surface area contributed by atoms with E-state index in [-0.39, 0.29) is 11.6 Å². The van der Waals surface area contributed by atoms with Crippen molar-refractivity contribution >= 4 is 11.6 Å². The summed E-state index contributed by atoms with van der Waals surface area (Å²) in [7, 11) is 1.82. The Morgan fingerprint density at radius 3 is 2.94 bits per heavy atom. The Morgan fingerprint density at radius 1 is 1.61 bits per heavy atom. The molecule has 0 fully saturated rings. The van der Waals surface area contributed by atoms with Gasteiger partial charge in [0.25, 0.3) is 5.91 Å². The highest BCUT2D eigenvalue weighted by molar-refractivity contribution is 5.97. The molecule has 0 bridgehead atoms. The third kappa shape index (κ3) is 2.34. The van der Waals surface area contributed by atoms with Crippen molar-refractivity contribution in [1.82, 2.24) is 25.3 Å². The lowest BCUT2D eigenvalue weighted by Gasteiger charge is -2.01. The molecular weight excluding hydrogens is 232 g/mol. The number of carbonyl (C=O) groups excluding carboxylic acids is 1. The second-order valence-electron chi connectivity index (χ2n) is 3.98. The number of H-pyrrole nitrogens is 1. The molecule has 2 aromatic rings. The average molecular weight is 248 g/mol. The quantitative estimate of drug-likeness (QED) is 0.720. The number of nitrogen functional groups attached to an aromatic ring is 1. The Kier molecular flexibility index (Phi) is 3.31. The van der Waals surface area contributed by atoms with Gasteiger partial charge >= 0.3 is 0 Å². The molecule has 0 unspecified atom stereocenters. The maximum absolute atomic E-state index is 11.9. The molecule has 0 saturated carbocycles. The van der Waals surface area contributed by atoms with Crippen LogP contribution in [0.4, 0.5) is 5.69 Å². The second kappa shape index (κ2) is 4.91. The minimum Gasteiger partial charge on any atom is -0.395 e. The largest absolute Gasteiger partial charge is 0.395 e. The van der Waals surface area contributed by atoms with Gasteiger partial charge in [-0.15, -0.1) is 0 Å². The monoisotopic (exact) mass is 248 g/mol. The van der Waals surface area contributed by atoms with Crippen LogP contribution in [-0.4, -0.2) is 25.9 Å². The smallest absolute Gasteiger partial charge is 0.274 e. The standard InChI is InChI=1S/C11H16N6O/c1-3-8-9(12)10(15-14-8)11(18)13-6-7-4-5-17(2)16-7/h4-5H,3,6,12H2,1-2H3,(H,13,18)(H,14,15). The van der Waals surface area contributed by atoms with Crippen molar-refractivity contribution in [2.24, 2.45) is 7.05 Å². The molecule has 0 aliphatic heterocycles. The molecule has 2 aromatic heterocycles. The fourth-order valence-electron chi connectivity index (χ4n) is 1.64. The highest BCUT2D eigenvalue weighted by Gasteiger charge is 2.16. The minimum absolute atomic E-state index is 0.239. The highest BCUT2D eigenvalue weighted by atomic mass is 16.1. The lowest BCUT2D eigenvalue weighted by molar-refractivity contribution is 0.0946. The van der Waals surface area contributed by atoms with E-state index in [0.717, 1.165) is 11.4 Å². The van der Waals surface area contributed by atoms with Crippen LogP contribution < -0.4 is 11.1 Å². The highest BCUT2D eigenvalue weighted by Crippen LogP contribution is 2.14. The first kappa shape index (κ1) is 12.2. The van der Waals surface area contributed by atoms with Crippen LogP contribution in [0, 0.1) is 0 Å². The lowest BCUT2D eigenvalue weighted by atomic mass is 10.2. The number of hydrogen-bond donors (Lipinski definition) is 3. The van der Waals surface area contributed by atoms with Crippen LogP contribution in [0.15, 0.2) is 12.3 Å². The van der Waals surface area contributed by atoms with Crippen molar-refractivity contribution in [1.29, 1.82) is 0 Å². The molecule has 0 radical (unpaired) electrons. The van der Waals surface area contributed by atoms with Crippen molar-refractivity contribution < 1.29 is 4.79 Å². The number of amides is 1. The van der Waals surface area contributed by atoms with Crippen molar-refractivity contribution in [2.45, 2.75) is 19.9 Å². The van der Waals surface area contributed by atoms with E-state index in [1.54, 1.807) is 4.68 Å². The van der Waals surface area contributed by atoms with E-state index < -0.39 is 0 Å². The summed E-state index contributed by atoms with van der Waals surface area (Å²) in [4.78, 5) is 11.9. The Balaban J connectivity index is 2.01. The third-order valence-corrected chi connectivity index (χ3v) is 2.65. The van der Waals surface area contributed by atoms with Gasteiger partial charge in [-0.25, -0.2) is 0 Å². The third-order valence-electron chi connectivity index (χ3n) is 2.65. The lowest BCUT2D eigenvalue weighted by Crippen LogP contribution is -2.24. The van der Waals surface area contributed by atoms with Crippen LogP contribution in [0.25, 0.3) is 0 Å². The number of hydrogen-bond acceptors (Lipinski definition) is 4. The molecule has 96 valence electrons. The summed E-state index contributed by atoms with van der Waals surface area (Å²) in [6, 6.07) is 1.84. The van der Waals surface area contributed by atoms with Crippen molar-refractivity contribution in [3.8, 4) is 0 Å². The molecule has 7 nitrogen and oxygen atoms in total. The zero-order valence-electron chi connectivity index (χ0n) is 10.4. The van der Waals surface area contributed by atoms with Crippen LogP contribution in [-0.2, 0) is 20.0 Å². The maximum Gasteiger partial charge on any atom is 0.274 e. The summed E-state index contributed by atoms with van der Waals surface area (Å²) in [6.07, 6.45) is 2.53. The van der Waals surface area contributed by atoms with Gasteiger partial charge in [-0.1, -0.05) is 6.92 Å². The second-order valence-corrected chi connectivity index (χ2v) is 3.98. The molecule has 4 N–H and O–H groups in total. The predicted molar refractivity (Wildman–Crippen MR) is 66.8 cm³/mol. The van der Waals surface area contributed by atoms with Gasteiger partial charge in [0.15, 0.2) is 5.69 Å². The van der Waals surface area contributed by atoms with Crippen molar-refractivity contribution in [3.05, 3.63) is 29.3 Å². The van der Waals surface area contributed by atoms with E-state index in [4.69, 9.17) is 5.73 Å². The van der Waals surface area contributed by atoms with E-state index in [2.05, 4.69) is 20.6 Å². The summed E-state index contributed by atoms with van der Waals surface area (Å²) >= 11 is 0. The van der Waals surface area contributed by atoms with E-state index in [0.29, 0.717) is 18.7 Å². The molecular formula is C11H16N6O. The van der Waals surface area contributed by atoms with Crippen molar-refractivity contribution in [3.63, 3.8) is 0 Å². The van der Waals surface area contributed by atoms with Crippen LogP contribution in [0.3, 0.4) is 0 Å². The molecule has 2 heterocycles. The molecule has 0 aromatic carbocycles. The number of nitrogens with two attached hydrogens (primary N) is 1. The van der Waals surface area contributed by atoms with E-state index >= 15 is 0 Å². The normalized spacial score (nSPS) is 10.6. The number of nitrogens with zero attached hydrogens (tertiary/aromatic N) is 3. The molecule has 0 aliphatic carbocycles. The SMILES string of the molecule is CCc1[nH]nc(C(=O)NCc2ccn(C)n2)c1N. The summed E-state index contributed by atoms with van der Waals surface area (Å²) in [5.41, 5.74) is 8.03. The predicted octanol–water partition coefficient (Wildman–Crippen LogP) is 0.218. The number of nitrogens with one attached hydrogen (secondary N) is 2. The van der Waals surface area contributed by atoms with Crippen LogP contribution in [0.5, 0.6) is 0 Å². The van der Waals surface area contributed by atoms with Gasteiger partial charge in [-0.05, 0) is 12.5 Å². The number of aromatic amines is 1. The summed E-state index contributed by atoms with van der Waals surface area (Å²) in [6.45, 7) is 2.30. The topological polar surface area (TPSA) is 102 Å². The molecule has 0 aliphatic rings. The van der Waals surface area contributed by atoms with Gasteiger partial charge < -0.3 is 11.1 Å². The molecule has 7 heteroatoms. The zero-order valence-corrected chi connectivity index (χ0v) is 10.4. The summed E-state index contributed by atoms with van der Waals surface area (Å²) in [5, 5.41) is 13.6. The molecule has 0 atom stereocenters. The maximum atomic E-state index is 11.9. The zero-order chi connectivity index (χ0) is 13.1. The molecule has 0 saturated heterocycles. The Morgan fingerprint density at radius 2 is 2.39 bits per heavy atom. The van der Waals surface area contributed by atoms with Crippen molar-refractivity contribution in [2.75, 3.05) is 5.73 Å². The minimum atomic E-state index is -0.297. The van der Waals surface area contributed by atoms with Gasteiger partial charge in [-0.2, -0.15) is 10.2 Å². The van der Waals surface area contributed by atoms with E-state index in [1.807, 2.05) is 26.2 Å². The van der Waals surface area contributed by atoms with Gasteiger partial charge in [0.1, 0.15) is 0 Å². The molecule has 1 amide bonds. The molecule has 2 rings (SSSR count). The van der Waals surface area contributed by atoms with Gasteiger partial charge in [-0.3, -0.25) is 14.6 Å². The summed E-state index contributed by atoms with van der Waals surface area (Å²) in [5.74, 6) is -0.297. The fourth-order valence-corrected chi connectivity index (χ4v) is 1.64. The van der Waals surface area contributed by atoms with Gasteiger partial charge in [0, 0.05) is 13.2 Å². The number of anilines is 1. The number of aryl methyl sites for hydroxylation is 2. The first-order chi connectivity index (χ1) is 8.61. The number of rotatable bonds is 4. The summed E-state index contributed by atoms with van der Waals surface area (Å²) < 4.78 is 1.68. The first-order valence-corrected chi connectivity index (χ1v) is 5.71. The molecule has 18 heavy (non-hydrogen) atoms. The number of aromatic nitrogens is 4. The number of carbonyl (C=O) groups is 1. The van der Waals surface area contributed by atoms with Crippen LogP contribution in [0.1, 0.15) is 28.8 Å². The fraction of sp³-hybridized carbons (Fsp3) is 0.364. The van der Waals surface area contributed by atoms with Crippen LogP contribution >= 0.6 is 0 Å². The van der Waals surface area contributed by atoms with E-state index in [9.17, 15) is 4.79 Å².